The van der Waals surface area contributed by atoms with E-state index in [4.69, 9.17) is 4.74 Å². The molecule has 6 heteroatoms. The quantitative estimate of drug-likeness (QED) is 0.757. The molecule has 0 saturated heterocycles. The number of aromatic hydroxyl groups is 1. The van der Waals surface area contributed by atoms with Crippen molar-refractivity contribution in [2.75, 3.05) is 7.11 Å². The van der Waals surface area contributed by atoms with Gasteiger partial charge in [-0.15, -0.1) is 0 Å². The maximum atomic E-state index is 11.6. The minimum atomic E-state index is -2.12. The summed E-state index contributed by atoms with van der Waals surface area (Å²) in [6.07, 6.45) is -0.240. The highest BCUT2D eigenvalue weighted by molar-refractivity contribution is 9.10. The van der Waals surface area contributed by atoms with Crippen molar-refractivity contribution < 1.29 is 24.9 Å². The van der Waals surface area contributed by atoms with Crippen LogP contribution in [0, 0.1) is 0 Å². The number of carboxylic acid groups (broad SMARTS) is 1. The molecule has 0 radical (unpaired) electrons. The predicted molar refractivity (Wildman–Crippen MR) is 84.0 cm³/mol. The van der Waals surface area contributed by atoms with Crippen LogP contribution in [-0.4, -0.2) is 28.4 Å². The summed E-state index contributed by atoms with van der Waals surface area (Å²) >= 11 is 3.17. The third-order valence-electron chi connectivity index (χ3n) is 3.40. The van der Waals surface area contributed by atoms with Gasteiger partial charge < -0.3 is 20.1 Å². The summed E-state index contributed by atoms with van der Waals surface area (Å²) < 4.78 is 5.62. The topological polar surface area (TPSA) is 87.0 Å². The van der Waals surface area contributed by atoms with Crippen molar-refractivity contribution in [3.8, 4) is 11.5 Å². The van der Waals surface area contributed by atoms with Crippen LogP contribution in [0.2, 0.25) is 0 Å². The molecule has 5 nitrogen and oxygen atoms in total. The zero-order valence-corrected chi connectivity index (χ0v) is 13.4. The number of ether oxygens (including phenoxy) is 1. The molecule has 22 heavy (non-hydrogen) atoms. The van der Waals surface area contributed by atoms with Crippen LogP contribution in [0.4, 0.5) is 0 Å². The number of halogens is 1. The number of hydrogen-bond acceptors (Lipinski definition) is 4. The van der Waals surface area contributed by atoms with Gasteiger partial charge >= 0.3 is 5.97 Å². The Morgan fingerprint density at radius 2 is 1.91 bits per heavy atom. The fourth-order valence-corrected chi connectivity index (χ4v) is 2.53. The Bertz CT molecular complexity index is 686. The van der Waals surface area contributed by atoms with Crippen LogP contribution in [0.5, 0.6) is 11.5 Å². The van der Waals surface area contributed by atoms with E-state index >= 15 is 0 Å². The molecular formula is C16H15BrO5. The van der Waals surface area contributed by atoms with E-state index in [9.17, 15) is 20.1 Å². The molecule has 2 rings (SSSR count). The Kier molecular flexibility index (Phi) is 4.73. The smallest absolute Gasteiger partial charge is 0.340 e. The third-order valence-corrected chi connectivity index (χ3v) is 4.04. The highest BCUT2D eigenvalue weighted by Gasteiger charge is 2.39. The number of methoxy groups -OCH3 is 1. The molecule has 2 aromatic rings. The molecule has 116 valence electrons. The molecule has 0 amide bonds. The number of carboxylic acids is 1. The molecule has 1 unspecified atom stereocenters. The number of benzene rings is 2. The SMILES string of the molecule is COc1cc(Br)c(O)cc1CC(O)(C(=O)O)c1ccccc1. The van der Waals surface area contributed by atoms with Crippen LogP contribution < -0.4 is 4.74 Å². The summed E-state index contributed by atoms with van der Waals surface area (Å²) in [5.74, 6) is -1.06. The molecule has 0 aromatic heterocycles. The number of carbonyl (C=O) groups is 1. The van der Waals surface area contributed by atoms with E-state index in [-0.39, 0.29) is 17.7 Å². The van der Waals surface area contributed by atoms with Gasteiger partial charge in [-0.1, -0.05) is 30.3 Å². The van der Waals surface area contributed by atoms with Gasteiger partial charge in [-0.25, -0.2) is 4.79 Å². The summed E-state index contributed by atoms with van der Waals surface area (Å²) in [5.41, 5.74) is -1.47. The first-order valence-corrected chi connectivity index (χ1v) is 7.24. The van der Waals surface area contributed by atoms with Gasteiger partial charge in [0.05, 0.1) is 11.6 Å². The van der Waals surface area contributed by atoms with Crippen molar-refractivity contribution in [1.82, 2.24) is 0 Å². The Morgan fingerprint density at radius 3 is 2.45 bits per heavy atom. The van der Waals surface area contributed by atoms with E-state index in [1.165, 1.54) is 19.2 Å². The predicted octanol–water partition coefficient (Wildman–Crippen LogP) is 2.68. The molecule has 0 heterocycles. The Morgan fingerprint density at radius 1 is 1.27 bits per heavy atom. The first kappa shape index (κ1) is 16.3. The Hall–Kier alpha value is -2.05. The average molecular weight is 367 g/mol. The molecule has 0 aliphatic rings. The van der Waals surface area contributed by atoms with Crippen molar-refractivity contribution in [3.05, 3.63) is 58.1 Å². The lowest BCUT2D eigenvalue weighted by Gasteiger charge is -2.25. The van der Waals surface area contributed by atoms with Gasteiger partial charge in [-0.3, -0.25) is 0 Å². The van der Waals surface area contributed by atoms with Crippen LogP contribution in [0.3, 0.4) is 0 Å². The lowest BCUT2D eigenvalue weighted by Crippen LogP contribution is -2.38. The third kappa shape index (κ3) is 3.08. The summed E-state index contributed by atoms with van der Waals surface area (Å²) in [6, 6.07) is 11.0. The highest BCUT2D eigenvalue weighted by atomic mass is 79.9. The van der Waals surface area contributed by atoms with E-state index in [2.05, 4.69) is 15.9 Å². The Labute approximate surface area is 135 Å². The maximum absolute atomic E-state index is 11.6. The van der Waals surface area contributed by atoms with Crippen LogP contribution in [0.15, 0.2) is 46.9 Å². The fraction of sp³-hybridized carbons (Fsp3) is 0.188. The Balaban J connectivity index is 2.50. The van der Waals surface area contributed by atoms with Crippen molar-refractivity contribution >= 4 is 21.9 Å². The second-order valence-corrected chi connectivity index (χ2v) is 5.68. The molecule has 0 bridgehead atoms. The molecule has 1 atom stereocenters. The van der Waals surface area contributed by atoms with Gasteiger partial charge in [0.25, 0.3) is 0 Å². The number of aliphatic carboxylic acids is 1. The van der Waals surface area contributed by atoms with Gasteiger partial charge in [-0.05, 0) is 33.6 Å². The van der Waals surface area contributed by atoms with Gasteiger partial charge in [0.2, 0.25) is 0 Å². The lowest BCUT2D eigenvalue weighted by atomic mass is 9.87. The first-order chi connectivity index (χ1) is 10.4. The molecular weight excluding hydrogens is 352 g/mol. The van der Waals surface area contributed by atoms with Crippen molar-refractivity contribution in [3.63, 3.8) is 0 Å². The van der Waals surface area contributed by atoms with Crippen molar-refractivity contribution in [2.45, 2.75) is 12.0 Å². The van der Waals surface area contributed by atoms with Crippen LogP contribution in [-0.2, 0) is 16.8 Å². The first-order valence-electron chi connectivity index (χ1n) is 6.45. The molecule has 0 spiro atoms. The summed E-state index contributed by atoms with van der Waals surface area (Å²) in [5, 5.41) is 29.9. The zero-order valence-electron chi connectivity index (χ0n) is 11.8. The molecule has 0 aliphatic heterocycles. The second-order valence-electron chi connectivity index (χ2n) is 4.82. The standard InChI is InChI=1S/C16H15BrO5/c1-22-14-8-12(17)13(18)7-10(14)9-16(21,15(19)20)11-5-3-2-4-6-11/h2-8,18,21H,9H2,1H3,(H,19,20). The number of rotatable bonds is 5. The van der Waals surface area contributed by atoms with E-state index in [1.54, 1.807) is 30.3 Å². The minimum Gasteiger partial charge on any atom is -0.507 e. The second kappa shape index (κ2) is 6.37. The monoisotopic (exact) mass is 366 g/mol. The van der Waals surface area contributed by atoms with Crippen molar-refractivity contribution in [2.24, 2.45) is 0 Å². The van der Waals surface area contributed by atoms with Crippen LogP contribution >= 0.6 is 15.9 Å². The van der Waals surface area contributed by atoms with Crippen LogP contribution in [0.1, 0.15) is 11.1 Å². The van der Waals surface area contributed by atoms with E-state index in [0.717, 1.165) is 0 Å². The van der Waals surface area contributed by atoms with Crippen LogP contribution in [0.25, 0.3) is 0 Å². The molecule has 0 saturated carbocycles. The largest absolute Gasteiger partial charge is 0.507 e. The van der Waals surface area contributed by atoms with Gasteiger partial charge in [0, 0.05) is 12.0 Å². The maximum Gasteiger partial charge on any atom is 0.340 e. The number of aliphatic hydroxyl groups is 1. The van der Waals surface area contributed by atoms with Gasteiger partial charge in [-0.2, -0.15) is 0 Å². The fourth-order valence-electron chi connectivity index (χ4n) is 2.21. The van der Waals surface area contributed by atoms with Crippen molar-refractivity contribution in [1.29, 1.82) is 0 Å². The summed E-state index contributed by atoms with van der Waals surface area (Å²) in [7, 11) is 1.44. The van der Waals surface area contributed by atoms with Gasteiger partial charge in [0.15, 0.2) is 5.60 Å². The number of hydrogen-bond donors (Lipinski definition) is 3. The zero-order chi connectivity index (χ0) is 16.3. The lowest BCUT2D eigenvalue weighted by molar-refractivity contribution is -0.159. The van der Waals surface area contributed by atoms with E-state index in [0.29, 0.717) is 15.8 Å². The van der Waals surface area contributed by atoms with E-state index in [1.807, 2.05) is 0 Å². The summed E-state index contributed by atoms with van der Waals surface area (Å²) in [6.45, 7) is 0. The van der Waals surface area contributed by atoms with E-state index < -0.39 is 11.6 Å². The molecule has 3 N–H and O–H groups in total. The number of phenols is 1. The average Bonchev–Trinajstić information content (AvgIpc) is 2.51. The normalized spacial score (nSPS) is 13.4. The highest BCUT2D eigenvalue weighted by Crippen LogP contribution is 2.36. The van der Waals surface area contributed by atoms with Gasteiger partial charge in [0.1, 0.15) is 11.5 Å². The minimum absolute atomic E-state index is 0.0587. The molecule has 2 aromatic carbocycles. The molecule has 0 aliphatic carbocycles. The number of phenolic OH excluding ortho intramolecular Hbond substituents is 1. The summed E-state index contributed by atoms with van der Waals surface area (Å²) in [4.78, 5) is 11.6. The molecule has 0 fully saturated rings.